The minimum absolute atomic E-state index is 0.0816. The van der Waals surface area contributed by atoms with Crippen LogP contribution >= 0.6 is 0 Å². The fourth-order valence-electron chi connectivity index (χ4n) is 2.61. The minimum Gasteiger partial charge on any atom is -0.497 e. The number of rotatable bonds is 6. The molecule has 0 aliphatic rings. The summed E-state index contributed by atoms with van der Waals surface area (Å²) in [4.78, 5) is 25.6. The molecule has 0 spiro atoms. The average Bonchev–Trinajstić information content (AvgIpc) is 2.75. The van der Waals surface area contributed by atoms with Crippen molar-refractivity contribution in [1.82, 2.24) is 0 Å². The fraction of sp³-hybridized carbons (Fsp3) is 0.0435. The van der Waals surface area contributed by atoms with Crippen LogP contribution in [0.3, 0.4) is 0 Å². The lowest BCUT2D eigenvalue weighted by atomic mass is 10.1. The molecule has 0 aliphatic carbocycles. The number of anilines is 2. The first kappa shape index (κ1) is 20.7. The summed E-state index contributed by atoms with van der Waals surface area (Å²) in [5, 5.41) is 4.75. The summed E-state index contributed by atoms with van der Waals surface area (Å²) in [7, 11) is 1.51. The number of amides is 2. The van der Waals surface area contributed by atoms with Crippen LogP contribution in [0.4, 0.5) is 20.2 Å². The van der Waals surface area contributed by atoms with Gasteiger partial charge in [0.1, 0.15) is 23.0 Å². The highest BCUT2D eigenvalue weighted by molar-refractivity contribution is 6.28. The molecule has 3 aromatic rings. The van der Waals surface area contributed by atoms with Gasteiger partial charge in [0, 0.05) is 0 Å². The van der Waals surface area contributed by atoms with Gasteiger partial charge in [-0.15, -0.1) is 0 Å². The number of hydrogen-bond donors (Lipinski definition) is 2. The molecule has 0 bridgehead atoms. The van der Waals surface area contributed by atoms with Crippen molar-refractivity contribution in [3.05, 3.63) is 95.6 Å². The van der Waals surface area contributed by atoms with E-state index in [1.807, 2.05) is 0 Å². The van der Waals surface area contributed by atoms with Crippen molar-refractivity contribution >= 4 is 29.3 Å². The van der Waals surface area contributed by atoms with Crippen molar-refractivity contribution in [3.8, 4) is 5.75 Å². The van der Waals surface area contributed by atoms with E-state index in [9.17, 15) is 18.4 Å². The third kappa shape index (κ3) is 5.08. The normalized spacial score (nSPS) is 10.1. The van der Waals surface area contributed by atoms with Crippen molar-refractivity contribution in [1.29, 1.82) is 0 Å². The Morgan fingerprint density at radius 2 is 1.23 bits per heavy atom. The lowest BCUT2D eigenvalue weighted by Gasteiger charge is -2.11. The predicted octanol–water partition coefficient (Wildman–Crippen LogP) is 4.63. The summed E-state index contributed by atoms with van der Waals surface area (Å²) in [5.74, 6) is -2.39. The van der Waals surface area contributed by atoms with Crippen LogP contribution in [-0.4, -0.2) is 18.9 Å². The van der Waals surface area contributed by atoms with Gasteiger partial charge in [0.05, 0.1) is 18.5 Å². The van der Waals surface area contributed by atoms with E-state index in [1.54, 1.807) is 36.4 Å². The molecule has 30 heavy (non-hydrogen) atoms. The van der Waals surface area contributed by atoms with Gasteiger partial charge < -0.3 is 15.4 Å². The second-order valence-electron chi connectivity index (χ2n) is 6.20. The van der Waals surface area contributed by atoms with E-state index in [2.05, 4.69) is 10.6 Å². The van der Waals surface area contributed by atoms with E-state index in [-0.39, 0.29) is 16.9 Å². The van der Waals surface area contributed by atoms with Gasteiger partial charge in [-0.3, -0.25) is 9.59 Å². The number of carbonyl (C=O) groups excluding carboxylic acids is 2. The van der Waals surface area contributed by atoms with Crippen molar-refractivity contribution < 1.29 is 23.1 Å². The van der Waals surface area contributed by atoms with Gasteiger partial charge in [0.15, 0.2) is 0 Å². The number of carbonyl (C=O) groups is 2. The maximum absolute atomic E-state index is 13.9. The summed E-state index contributed by atoms with van der Waals surface area (Å²) in [6.07, 6.45) is 1.33. The van der Waals surface area contributed by atoms with Crippen LogP contribution in [0.15, 0.2) is 78.4 Å². The quantitative estimate of drug-likeness (QED) is 0.355. The molecule has 5 nitrogen and oxygen atoms in total. The third-order valence-electron chi connectivity index (χ3n) is 4.16. The number of benzene rings is 3. The smallest absolute Gasteiger partial charge is 0.261 e. The van der Waals surface area contributed by atoms with Crippen molar-refractivity contribution in [3.63, 3.8) is 0 Å². The number of nitrogens with one attached hydrogen (secondary N) is 2. The first-order valence-electron chi connectivity index (χ1n) is 8.95. The molecule has 0 saturated heterocycles. The van der Waals surface area contributed by atoms with Crippen molar-refractivity contribution in [2.75, 3.05) is 17.7 Å². The van der Waals surface area contributed by atoms with Crippen LogP contribution in [0.2, 0.25) is 0 Å². The summed E-state index contributed by atoms with van der Waals surface area (Å²) >= 11 is 0. The molecule has 0 unspecified atom stereocenters. The first-order chi connectivity index (χ1) is 14.5. The maximum atomic E-state index is 13.9. The highest BCUT2D eigenvalue weighted by Gasteiger charge is 2.21. The summed E-state index contributed by atoms with van der Waals surface area (Å²) in [6, 6.07) is 17.8. The SMILES string of the molecule is COc1ccc(C=C(C(=O)Nc2ccccc2F)C(=O)Nc2ccccc2F)cc1. The maximum Gasteiger partial charge on any atom is 0.261 e. The van der Waals surface area contributed by atoms with E-state index < -0.39 is 23.4 Å². The highest BCUT2D eigenvalue weighted by atomic mass is 19.1. The van der Waals surface area contributed by atoms with Crippen LogP contribution in [0.1, 0.15) is 5.56 Å². The number of para-hydroxylation sites is 2. The summed E-state index contributed by atoms with van der Waals surface area (Å²) < 4.78 is 32.9. The molecule has 0 radical (unpaired) electrons. The van der Waals surface area contributed by atoms with Crippen molar-refractivity contribution in [2.45, 2.75) is 0 Å². The van der Waals surface area contributed by atoms with Gasteiger partial charge in [-0.05, 0) is 48.0 Å². The van der Waals surface area contributed by atoms with E-state index in [0.29, 0.717) is 11.3 Å². The molecular weight excluding hydrogens is 390 g/mol. The number of hydrogen-bond acceptors (Lipinski definition) is 3. The van der Waals surface area contributed by atoms with Crippen molar-refractivity contribution in [2.24, 2.45) is 0 Å². The van der Waals surface area contributed by atoms with Crippen LogP contribution < -0.4 is 15.4 Å². The highest BCUT2D eigenvalue weighted by Crippen LogP contribution is 2.19. The number of halogens is 2. The molecule has 2 N–H and O–H groups in total. The molecule has 3 aromatic carbocycles. The Hall–Kier alpha value is -4.00. The monoisotopic (exact) mass is 408 g/mol. The second-order valence-corrected chi connectivity index (χ2v) is 6.20. The topological polar surface area (TPSA) is 67.4 Å². The molecule has 0 aliphatic heterocycles. The zero-order valence-electron chi connectivity index (χ0n) is 16.0. The molecule has 0 saturated carbocycles. The van der Waals surface area contributed by atoms with E-state index in [1.165, 1.54) is 49.6 Å². The molecule has 7 heteroatoms. The Kier molecular flexibility index (Phi) is 6.54. The third-order valence-corrected chi connectivity index (χ3v) is 4.16. The van der Waals surface area contributed by atoms with E-state index >= 15 is 0 Å². The van der Waals surface area contributed by atoms with Gasteiger partial charge in [-0.1, -0.05) is 36.4 Å². The molecule has 0 fully saturated rings. The minimum atomic E-state index is -0.843. The van der Waals surface area contributed by atoms with E-state index in [4.69, 9.17) is 4.74 Å². The zero-order chi connectivity index (χ0) is 21.5. The van der Waals surface area contributed by atoms with Gasteiger partial charge in [0.2, 0.25) is 0 Å². The lowest BCUT2D eigenvalue weighted by Crippen LogP contribution is -2.26. The standard InChI is InChI=1S/C23H18F2N2O3/c1-30-16-12-10-15(11-13-16)14-17(22(28)26-20-8-4-2-6-18(20)24)23(29)27-21-9-5-3-7-19(21)25/h2-14H,1H3,(H,26,28)(H,27,29). The van der Waals surface area contributed by atoms with E-state index in [0.717, 1.165) is 0 Å². The molecular formula is C23H18F2N2O3. The number of ether oxygens (including phenoxy) is 1. The summed E-state index contributed by atoms with van der Waals surface area (Å²) in [6.45, 7) is 0. The molecule has 2 amide bonds. The first-order valence-corrected chi connectivity index (χ1v) is 8.95. The van der Waals surface area contributed by atoms with Crippen LogP contribution in [-0.2, 0) is 9.59 Å². The fourth-order valence-corrected chi connectivity index (χ4v) is 2.61. The van der Waals surface area contributed by atoms with Gasteiger partial charge in [0.25, 0.3) is 11.8 Å². The average molecular weight is 408 g/mol. The molecule has 152 valence electrons. The lowest BCUT2D eigenvalue weighted by molar-refractivity contribution is -0.118. The Morgan fingerprint density at radius 1 is 0.767 bits per heavy atom. The Morgan fingerprint density at radius 3 is 1.67 bits per heavy atom. The second kappa shape index (κ2) is 9.47. The Balaban J connectivity index is 1.93. The van der Waals surface area contributed by atoms with Gasteiger partial charge in [-0.2, -0.15) is 0 Å². The Bertz CT molecular complexity index is 1030. The predicted molar refractivity (Wildman–Crippen MR) is 111 cm³/mol. The Labute approximate surface area is 172 Å². The molecule has 0 heterocycles. The van der Waals surface area contributed by atoms with Crippen LogP contribution in [0, 0.1) is 11.6 Å². The molecule has 3 rings (SSSR count). The molecule has 0 atom stereocenters. The van der Waals surface area contributed by atoms with Crippen LogP contribution in [0.25, 0.3) is 6.08 Å². The van der Waals surface area contributed by atoms with Gasteiger partial charge >= 0.3 is 0 Å². The number of methoxy groups -OCH3 is 1. The summed E-state index contributed by atoms with van der Waals surface area (Å²) in [5.41, 5.74) is 0.0356. The zero-order valence-corrected chi connectivity index (χ0v) is 16.0. The van der Waals surface area contributed by atoms with Gasteiger partial charge in [-0.25, -0.2) is 8.78 Å². The molecule has 0 aromatic heterocycles. The van der Waals surface area contributed by atoms with Crippen LogP contribution in [0.5, 0.6) is 5.75 Å². The largest absolute Gasteiger partial charge is 0.497 e.